The largest absolute Gasteiger partial charge is 0.488 e. The van der Waals surface area contributed by atoms with Gasteiger partial charge >= 0.3 is 0 Å². The second kappa shape index (κ2) is 6.95. The lowest BCUT2D eigenvalue weighted by Gasteiger charge is -2.18. The van der Waals surface area contributed by atoms with Gasteiger partial charge in [-0.15, -0.1) is 0 Å². The van der Waals surface area contributed by atoms with Gasteiger partial charge in [-0.3, -0.25) is 25.0 Å². The lowest BCUT2D eigenvalue weighted by Crippen LogP contribution is -2.36. The van der Waals surface area contributed by atoms with Crippen molar-refractivity contribution < 1.29 is 9.53 Å². The molecule has 0 aliphatic carbocycles. The van der Waals surface area contributed by atoms with Crippen molar-refractivity contribution in [2.24, 2.45) is 0 Å². The number of nitrogens with zero attached hydrogens (tertiary/aromatic N) is 2. The van der Waals surface area contributed by atoms with Gasteiger partial charge in [-0.05, 0) is 31.2 Å². The number of para-hydroxylation sites is 2. The number of aromatic nitrogens is 2. The second-order valence-corrected chi connectivity index (χ2v) is 6.08. The van der Waals surface area contributed by atoms with E-state index in [-0.39, 0.29) is 24.0 Å². The van der Waals surface area contributed by atoms with Crippen molar-refractivity contribution in [1.82, 2.24) is 15.0 Å². The molecule has 0 bridgehead atoms. The molecule has 0 atom stereocenters. The highest BCUT2D eigenvalue weighted by Crippen LogP contribution is 2.25. The third-order valence-electron chi connectivity index (χ3n) is 4.39. The number of fused-ring (bicyclic) bond motifs is 2. The third-order valence-corrected chi connectivity index (χ3v) is 4.39. The van der Waals surface area contributed by atoms with Crippen LogP contribution in [0.2, 0.25) is 0 Å². The van der Waals surface area contributed by atoms with E-state index in [1.807, 2.05) is 37.3 Å². The molecule has 0 saturated heterocycles. The summed E-state index contributed by atoms with van der Waals surface area (Å²) in [4.78, 5) is 29.5. The van der Waals surface area contributed by atoms with Gasteiger partial charge in [-0.1, -0.05) is 30.3 Å². The summed E-state index contributed by atoms with van der Waals surface area (Å²) in [6.07, 6.45) is 1.79. The van der Waals surface area contributed by atoms with Crippen molar-refractivity contribution in [2.75, 3.05) is 12.0 Å². The van der Waals surface area contributed by atoms with Crippen LogP contribution in [0.4, 0.5) is 5.95 Å². The van der Waals surface area contributed by atoms with E-state index in [9.17, 15) is 9.59 Å². The minimum Gasteiger partial charge on any atom is -0.488 e. The number of carbonyl (C=O) groups is 1. The van der Waals surface area contributed by atoms with Crippen LogP contribution in [0.1, 0.15) is 12.5 Å². The average Bonchev–Trinajstić information content (AvgIpc) is 2.71. The smallest absolute Gasteiger partial charge is 0.269 e. The Morgan fingerprint density at radius 3 is 2.81 bits per heavy atom. The lowest BCUT2D eigenvalue weighted by atomic mass is 10.1. The van der Waals surface area contributed by atoms with Crippen LogP contribution in [-0.4, -0.2) is 22.1 Å². The summed E-state index contributed by atoms with van der Waals surface area (Å²) in [5.41, 5.74) is 7.12. The molecule has 1 aliphatic rings. The van der Waals surface area contributed by atoms with Crippen LogP contribution < -0.4 is 21.1 Å². The molecule has 0 spiro atoms. The Labute approximate surface area is 155 Å². The van der Waals surface area contributed by atoms with Crippen molar-refractivity contribution in [3.05, 3.63) is 70.0 Å². The molecule has 0 saturated carbocycles. The van der Waals surface area contributed by atoms with E-state index in [2.05, 4.69) is 15.8 Å². The minimum atomic E-state index is -0.338. The van der Waals surface area contributed by atoms with Crippen molar-refractivity contribution in [2.45, 2.75) is 13.5 Å². The molecule has 2 N–H and O–H groups in total. The summed E-state index contributed by atoms with van der Waals surface area (Å²) < 4.78 is 7.08. The van der Waals surface area contributed by atoms with Crippen LogP contribution in [0.5, 0.6) is 5.75 Å². The SMILES string of the molecule is CCn1c(NNC(=O)C2=Cc3ccccc3OC2)nc2ccccc2c1=O. The summed E-state index contributed by atoms with van der Waals surface area (Å²) in [6, 6.07) is 14.6. The van der Waals surface area contributed by atoms with Gasteiger partial charge in [0.05, 0.1) is 16.5 Å². The number of anilines is 1. The quantitative estimate of drug-likeness (QED) is 0.696. The van der Waals surface area contributed by atoms with Crippen LogP contribution in [0, 0.1) is 0 Å². The van der Waals surface area contributed by atoms with E-state index in [1.54, 1.807) is 24.3 Å². The predicted octanol–water partition coefficient (Wildman–Crippen LogP) is 2.34. The number of ether oxygens (including phenoxy) is 1. The zero-order chi connectivity index (χ0) is 18.8. The first-order chi connectivity index (χ1) is 13.2. The van der Waals surface area contributed by atoms with E-state index in [0.717, 1.165) is 11.3 Å². The number of amides is 1. The van der Waals surface area contributed by atoms with Gasteiger partial charge in [-0.25, -0.2) is 4.98 Å². The van der Waals surface area contributed by atoms with Gasteiger partial charge < -0.3 is 4.74 Å². The van der Waals surface area contributed by atoms with Crippen LogP contribution in [0.15, 0.2) is 58.9 Å². The second-order valence-electron chi connectivity index (χ2n) is 6.08. The van der Waals surface area contributed by atoms with E-state index < -0.39 is 0 Å². The van der Waals surface area contributed by atoms with Crippen LogP contribution in [0.3, 0.4) is 0 Å². The number of rotatable bonds is 4. The number of carbonyl (C=O) groups excluding carboxylic acids is 1. The van der Waals surface area contributed by atoms with E-state index in [0.29, 0.717) is 23.0 Å². The van der Waals surface area contributed by atoms with E-state index >= 15 is 0 Å². The number of hydrazine groups is 1. The maximum absolute atomic E-state index is 12.6. The van der Waals surface area contributed by atoms with Crippen LogP contribution in [-0.2, 0) is 11.3 Å². The Hall–Kier alpha value is -3.61. The molecule has 7 nitrogen and oxygen atoms in total. The highest BCUT2D eigenvalue weighted by Gasteiger charge is 2.17. The number of benzene rings is 2. The van der Waals surface area contributed by atoms with Crippen LogP contribution >= 0.6 is 0 Å². The molecule has 4 rings (SSSR count). The summed E-state index contributed by atoms with van der Waals surface area (Å²) in [6.45, 7) is 2.45. The molecule has 0 fully saturated rings. The van der Waals surface area contributed by atoms with Crippen molar-refractivity contribution >= 4 is 28.8 Å². The molecule has 136 valence electrons. The summed E-state index contributed by atoms with van der Waals surface area (Å²) >= 11 is 0. The standard InChI is InChI=1S/C20H18N4O3/c1-2-24-19(26)15-8-4-5-9-16(15)21-20(24)23-22-18(25)14-11-13-7-3-6-10-17(13)27-12-14/h3-11H,2,12H2,1H3,(H,21,23)(H,22,25). The highest BCUT2D eigenvalue weighted by atomic mass is 16.5. The Morgan fingerprint density at radius 2 is 1.96 bits per heavy atom. The Kier molecular flexibility index (Phi) is 4.33. The van der Waals surface area contributed by atoms with Gasteiger partial charge in [0.1, 0.15) is 12.4 Å². The monoisotopic (exact) mass is 362 g/mol. The Balaban J connectivity index is 1.58. The van der Waals surface area contributed by atoms with Gasteiger partial charge in [0, 0.05) is 12.1 Å². The molecule has 3 aromatic rings. The first kappa shape index (κ1) is 16.8. The van der Waals surface area contributed by atoms with Gasteiger partial charge in [-0.2, -0.15) is 0 Å². The van der Waals surface area contributed by atoms with Crippen molar-refractivity contribution in [1.29, 1.82) is 0 Å². The maximum Gasteiger partial charge on any atom is 0.269 e. The normalized spacial score (nSPS) is 12.7. The first-order valence-electron chi connectivity index (χ1n) is 8.65. The lowest BCUT2D eigenvalue weighted by molar-refractivity contribution is -0.117. The highest BCUT2D eigenvalue weighted by molar-refractivity contribution is 5.99. The Bertz CT molecular complexity index is 1120. The number of hydrogen-bond acceptors (Lipinski definition) is 5. The van der Waals surface area contributed by atoms with Crippen molar-refractivity contribution in [3.8, 4) is 5.75 Å². The molecule has 1 aromatic heterocycles. The van der Waals surface area contributed by atoms with Crippen LogP contribution in [0.25, 0.3) is 17.0 Å². The maximum atomic E-state index is 12.6. The average molecular weight is 362 g/mol. The summed E-state index contributed by atoms with van der Waals surface area (Å²) in [5.74, 6) is 0.694. The predicted molar refractivity (Wildman–Crippen MR) is 103 cm³/mol. The van der Waals surface area contributed by atoms with Gasteiger partial charge in [0.2, 0.25) is 5.95 Å². The molecule has 1 amide bonds. The molecular formula is C20H18N4O3. The Morgan fingerprint density at radius 1 is 1.19 bits per heavy atom. The topological polar surface area (TPSA) is 85.2 Å². The summed E-state index contributed by atoms with van der Waals surface area (Å²) in [7, 11) is 0. The molecule has 7 heteroatoms. The van der Waals surface area contributed by atoms with Gasteiger partial charge in [0.15, 0.2) is 0 Å². The molecule has 2 heterocycles. The molecule has 0 unspecified atom stereocenters. The minimum absolute atomic E-state index is 0.158. The third kappa shape index (κ3) is 3.15. The number of hydrogen-bond donors (Lipinski definition) is 2. The molecule has 1 aliphatic heterocycles. The van der Waals surface area contributed by atoms with Crippen molar-refractivity contribution in [3.63, 3.8) is 0 Å². The fraction of sp³-hybridized carbons (Fsp3) is 0.150. The zero-order valence-electron chi connectivity index (χ0n) is 14.7. The number of nitrogens with one attached hydrogen (secondary N) is 2. The molecule has 27 heavy (non-hydrogen) atoms. The molecule has 0 radical (unpaired) electrons. The summed E-state index contributed by atoms with van der Waals surface area (Å²) in [5, 5.41) is 0.538. The van der Waals surface area contributed by atoms with E-state index in [4.69, 9.17) is 4.74 Å². The first-order valence-corrected chi connectivity index (χ1v) is 8.65. The zero-order valence-corrected chi connectivity index (χ0v) is 14.7. The molecular weight excluding hydrogens is 344 g/mol. The fourth-order valence-corrected chi connectivity index (χ4v) is 3.00. The van der Waals surface area contributed by atoms with Gasteiger partial charge in [0.25, 0.3) is 11.5 Å². The molecule has 2 aromatic carbocycles. The fourth-order valence-electron chi connectivity index (χ4n) is 3.00. The van der Waals surface area contributed by atoms with E-state index in [1.165, 1.54) is 4.57 Å².